The van der Waals surface area contributed by atoms with Gasteiger partial charge in [0.2, 0.25) is 0 Å². The van der Waals surface area contributed by atoms with Crippen molar-refractivity contribution in [3.05, 3.63) is 29.8 Å². The topological polar surface area (TPSA) is 50.9 Å². The zero-order chi connectivity index (χ0) is 10.6. The summed E-state index contributed by atoms with van der Waals surface area (Å²) in [4.78, 5) is 4.00. The summed E-state index contributed by atoms with van der Waals surface area (Å²) in [5, 5.41) is 0. The number of nitrogens with zero attached hydrogens (tertiary/aromatic N) is 1. The van der Waals surface area contributed by atoms with Crippen molar-refractivity contribution >= 4 is 0 Å². The second-order valence-corrected chi connectivity index (χ2v) is 3.40. The third-order valence-electron chi connectivity index (χ3n) is 2.47. The highest BCUT2D eigenvalue weighted by atomic mass is 19.1. The van der Waals surface area contributed by atoms with Crippen LogP contribution in [-0.4, -0.2) is 4.98 Å². The molecule has 0 fully saturated rings. The van der Waals surface area contributed by atoms with E-state index >= 15 is 0 Å². The molecular formula is C10H16FN3. The summed E-state index contributed by atoms with van der Waals surface area (Å²) < 4.78 is 13.4. The van der Waals surface area contributed by atoms with Gasteiger partial charge in [0, 0.05) is 6.20 Å². The maximum Gasteiger partial charge on any atom is 0.146 e. The van der Waals surface area contributed by atoms with Crippen LogP contribution in [0.2, 0.25) is 0 Å². The summed E-state index contributed by atoms with van der Waals surface area (Å²) >= 11 is 0. The summed E-state index contributed by atoms with van der Waals surface area (Å²) in [6, 6.07) is 2.75. The number of hydrogen-bond acceptors (Lipinski definition) is 3. The second-order valence-electron chi connectivity index (χ2n) is 3.40. The smallest absolute Gasteiger partial charge is 0.146 e. The third kappa shape index (κ3) is 2.27. The number of nitrogens with two attached hydrogens (primary N) is 1. The summed E-state index contributed by atoms with van der Waals surface area (Å²) in [5.74, 6) is 5.34. The SMILES string of the molecule is CCC(C)C(NN)c1ncccc1F. The monoisotopic (exact) mass is 197 g/mol. The number of rotatable bonds is 4. The van der Waals surface area contributed by atoms with Crippen molar-refractivity contribution in [3.8, 4) is 0 Å². The lowest BCUT2D eigenvalue weighted by molar-refractivity contribution is 0.362. The molecule has 0 aliphatic rings. The van der Waals surface area contributed by atoms with E-state index in [9.17, 15) is 4.39 Å². The van der Waals surface area contributed by atoms with Crippen molar-refractivity contribution in [1.82, 2.24) is 10.4 Å². The van der Waals surface area contributed by atoms with Crippen LogP contribution in [0.15, 0.2) is 18.3 Å². The van der Waals surface area contributed by atoms with Crippen LogP contribution in [-0.2, 0) is 0 Å². The third-order valence-corrected chi connectivity index (χ3v) is 2.47. The summed E-state index contributed by atoms with van der Waals surface area (Å²) in [5.41, 5.74) is 3.00. The van der Waals surface area contributed by atoms with Gasteiger partial charge >= 0.3 is 0 Å². The largest absolute Gasteiger partial charge is 0.271 e. The van der Waals surface area contributed by atoms with E-state index in [0.29, 0.717) is 5.69 Å². The van der Waals surface area contributed by atoms with Gasteiger partial charge < -0.3 is 0 Å². The highest BCUT2D eigenvalue weighted by Crippen LogP contribution is 2.23. The highest BCUT2D eigenvalue weighted by molar-refractivity contribution is 5.12. The minimum atomic E-state index is -0.309. The Morgan fingerprint density at radius 3 is 2.86 bits per heavy atom. The minimum absolute atomic E-state index is 0.221. The van der Waals surface area contributed by atoms with Gasteiger partial charge in [-0.3, -0.25) is 16.3 Å². The lowest BCUT2D eigenvalue weighted by Gasteiger charge is -2.21. The van der Waals surface area contributed by atoms with Crippen LogP contribution in [0.5, 0.6) is 0 Å². The predicted molar refractivity (Wildman–Crippen MR) is 53.7 cm³/mol. The van der Waals surface area contributed by atoms with Crippen LogP contribution in [0, 0.1) is 11.7 Å². The first-order valence-electron chi connectivity index (χ1n) is 4.77. The Kier molecular flexibility index (Phi) is 3.98. The van der Waals surface area contributed by atoms with Crippen molar-refractivity contribution in [2.24, 2.45) is 11.8 Å². The first-order chi connectivity index (χ1) is 6.70. The van der Waals surface area contributed by atoms with Crippen molar-refractivity contribution in [1.29, 1.82) is 0 Å². The van der Waals surface area contributed by atoms with E-state index in [1.54, 1.807) is 12.3 Å². The standard InChI is InChI=1S/C10H16FN3/c1-3-7(2)9(14-12)10-8(11)5-4-6-13-10/h4-7,9,14H,3,12H2,1-2H3. The molecule has 0 aliphatic carbocycles. The van der Waals surface area contributed by atoms with Gasteiger partial charge in [-0.1, -0.05) is 20.3 Å². The summed E-state index contributed by atoms with van der Waals surface area (Å²) in [6.45, 7) is 4.05. The molecule has 3 nitrogen and oxygen atoms in total. The normalized spacial score (nSPS) is 15.1. The van der Waals surface area contributed by atoms with Crippen LogP contribution in [0.3, 0.4) is 0 Å². The molecule has 4 heteroatoms. The molecule has 1 aromatic rings. The molecule has 0 amide bonds. The Balaban J connectivity index is 2.94. The van der Waals surface area contributed by atoms with Gasteiger partial charge in [-0.25, -0.2) is 4.39 Å². The van der Waals surface area contributed by atoms with E-state index in [2.05, 4.69) is 10.4 Å². The fourth-order valence-electron chi connectivity index (χ4n) is 1.38. The molecule has 1 rings (SSSR count). The predicted octanol–water partition coefficient (Wildman–Crippen LogP) is 1.77. The average molecular weight is 197 g/mol. The van der Waals surface area contributed by atoms with Crippen molar-refractivity contribution < 1.29 is 4.39 Å². The van der Waals surface area contributed by atoms with Crippen molar-refractivity contribution in [2.75, 3.05) is 0 Å². The molecule has 0 saturated carbocycles. The molecule has 0 spiro atoms. The summed E-state index contributed by atoms with van der Waals surface area (Å²) in [6.07, 6.45) is 2.50. The maximum absolute atomic E-state index is 13.4. The van der Waals surface area contributed by atoms with E-state index in [4.69, 9.17) is 5.84 Å². The molecule has 3 N–H and O–H groups in total. The number of pyridine rings is 1. The number of nitrogens with one attached hydrogen (secondary N) is 1. The molecule has 1 aromatic heterocycles. The first kappa shape index (κ1) is 11.1. The average Bonchev–Trinajstić information content (AvgIpc) is 2.21. The Hall–Kier alpha value is -1.00. The zero-order valence-electron chi connectivity index (χ0n) is 8.50. The number of hydrazine groups is 1. The molecule has 0 aromatic carbocycles. The first-order valence-corrected chi connectivity index (χ1v) is 4.77. The molecular weight excluding hydrogens is 181 g/mol. The zero-order valence-corrected chi connectivity index (χ0v) is 8.50. The molecule has 0 saturated heterocycles. The molecule has 0 aliphatic heterocycles. The molecule has 1 heterocycles. The fourth-order valence-corrected chi connectivity index (χ4v) is 1.38. The Morgan fingerprint density at radius 2 is 2.36 bits per heavy atom. The highest BCUT2D eigenvalue weighted by Gasteiger charge is 2.20. The lowest BCUT2D eigenvalue weighted by atomic mass is 9.96. The van der Waals surface area contributed by atoms with Gasteiger partial charge in [0.05, 0.1) is 11.7 Å². The van der Waals surface area contributed by atoms with Crippen molar-refractivity contribution in [3.63, 3.8) is 0 Å². The molecule has 0 bridgehead atoms. The van der Waals surface area contributed by atoms with Crippen molar-refractivity contribution in [2.45, 2.75) is 26.3 Å². The van der Waals surface area contributed by atoms with E-state index < -0.39 is 0 Å². The quantitative estimate of drug-likeness (QED) is 0.571. The van der Waals surface area contributed by atoms with Crippen LogP contribution in [0.4, 0.5) is 4.39 Å². The van der Waals surface area contributed by atoms with Gasteiger partial charge in [-0.05, 0) is 18.1 Å². The van der Waals surface area contributed by atoms with Gasteiger partial charge in [-0.2, -0.15) is 0 Å². The Morgan fingerprint density at radius 1 is 1.64 bits per heavy atom. The van der Waals surface area contributed by atoms with Gasteiger partial charge in [0.1, 0.15) is 5.82 Å². The minimum Gasteiger partial charge on any atom is -0.271 e. The molecule has 2 atom stereocenters. The van der Waals surface area contributed by atoms with E-state index in [0.717, 1.165) is 6.42 Å². The van der Waals surface area contributed by atoms with Gasteiger partial charge in [0.25, 0.3) is 0 Å². The maximum atomic E-state index is 13.4. The number of halogens is 1. The number of aromatic nitrogens is 1. The fraction of sp³-hybridized carbons (Fsp3) is 0.500. The Labute approximate surface area is 83.5 Å². The van der Waals surface area contributed by atoms with Crippen LogP contribution >= 0.6 is 0 Å². The van der Waals surface area contributed by atoms with Crippen LogP contribution < -0.4 is 11.3 Å². The molecule has 14 heavy (non-hydrogen) atoms. The van der Waals surface area contributed by atoms with Crippen LogP contribution in [0.1, 0.15) is 32.0 Å². The second kappa shape index (κ2) is 5.02. The lowest BCUT2D eigenvalue weighted by Crippen LogP contribution is -2.33. The summed E-state index contributed by atoms with van der Waals surface area (Å²) in [7, 11) is 0. The molecule has 0 radical (unpaired) electrons. The van der Waals surface area contributed by atoms with Gasteiger partial charge in [-0.15, -0.1) is 0 Å². The number of hydrogen-bond donors (Lipinski definition) is 2. The van der Waals surface area contributed by atoms with E-state index in [-0.39, 0.29) is 17.8 Å². The molecule has 78 valence electrons. The Bertz CT molecular complexity index is 290. The van der Waals surface area contributed by atoms with Gasteiger partial charge in [0.15, 0.2) is 0 Å². The van der Waals surface area contributed by atoms with E-state index in [1.165, 1.54) is 6.07 Å². The molecule has 2 unspecified atom stereocenters. The van der Waals surface area contributed by atoms with E-state index in [1.807, 2.05) is 13.8 Å². The van der Waals surface area contributed by atoms with Crippen LogP contribution in [0.25, 0.3) is 0 Å².